The van der Waals surface area contributed by atoms with E-state index in [1.165, 1.54) is 12.8 Å². The monoisotopic (exact) mass is 311 g/mol. The first-order valence-electron chi connectivity index (χ1n) is 8.71. The van der Waals surface area contributed by atoms with E-state index in [1.54, 1.807) is 0 Å². The second-order valence-electron chi connectivity index (χ2n) is 6.90. The summed E-state index contributed by atoms with van der Waals surface area (Å²) >= 11 is 0. The molecule has 2 aliphatic heterocycles. The fourth-order valence-electron chi connectivity index (χ4n) is 3.92. The second-order valence-corrected chi connectivity index (χ2v) is 6.90. The van der Waals surface area contributed by atoms with Gasteiger partial charge in [0.1, 0.15) is 11.7 Å². The van der Waals surface area contributed by atoms with E-state index in [0.29, 0.717) is 0 Å². The van der Waals surface area contributed by atoms with Gasteiger partial charge in [-0.3, -0.25) is 14.9 Å². The summed E-state index contributed by atoms with van der Waals surface area (Å²) in [6.45, 7) is 1.71. The van der Waals surface area contributed by atoms with Crippen molar-refractivity contribution in [3.63, 3.8) is 0 Å². The summed E-state index contributed by atoms with van der Waals surface area (Å²) in [5.41, 5.74) is 14.4. The predicted octanol–water partition coefficient (Wildman–Crippen LogP) is 1.73. The molecule has 23 heavy (non-hydrogen) atoms. The largest absolute Gasteiger partial charge is 0.397 e. The van der Waals surface area contributed by atoms with Crippen LogP contribution in [-0.2, 0) is 0 Å². The van der Waals surface area contributed by atoms with Crippen LogP contribution in [0.5, 0.6) is 0 Å². The van der Waals surface area contributed by atoms with Crippen LogP contribution in [-0.4, -0.2) is 41.6 Å². The molecule has 5 heteroatoms. The first-order chi connectivity index (χ1) is 11.3. The van der Waals surface area contributed by atoms with Crippen molar-refractivity contribution < 1.29 is 0 Å². The van der Waals surface area contributed by atoms with Crippen molar-refractivity contribution in [2.45, 2.75) is 43.8 Å². The van der Waals surface area contributed by atoms with Crippen molar-refractivity contribution in [1.29, 1.82) is 0 Å². The predicted molar refractivity (Wildman–Crippen MR) is 94.3 cm³/mol. The average Bonchev–Trinajstić information content (AvgIpc) is 3.32. The molecule has 4 aliphatic rings. The van der Waals surface area contributed by atoms with Gasteiger partial charge in [0.15, 0.2) is 0 Å². The van der Waals surface area contributed by atoms with Crippen LogP contribution in [0.2, 0.25) is 0 Å². The van der Waals surface area contributed by atoms with Gasteiger partial charge in [-0.15, -0.1) is 0 Å². The molecule has 1 saturated carbocycles. The molecule has 2 atom stereocenters. The van der Waals surface area contributed by atoms with Crippen molar-refractivity contribution >= 4 is 11.9 Å². The van der Waals surface area contributed by atoms with E-state index in [2.05, 4.69) is 16.0 Å². The van der Waals surface area contributed by atoms with Gasteiger partial charge >= 0.3 is 0 Å². The van der Waals surface area contributed by atoms with E-state index >= 15 is 0 Å². The molecule has 0 aromatic carbocycles. The maximum atomic E-state index is 6.30. The van der Waals surface area contributed by atoms with E-state index < -0.39 is 0 Å². The number of hydrogen-bond donors (Lipinski definition) is 2. The van der Waals surface area contributed by atoms with Gasteiger partial charge in [-0.2, -0.15) is 0 Å². The normalized spacial score (nSPS) is 32.2. The zero-order chi connectivity index (χ0) is 15.9. The molecule has 122 valence electrons. The molecule has 0 saturated heterocycles. The molecule has 0 radical (unpaired) electrons. The third kappa shape index (κ3) is 2.39. The molecule has 2 aliphatic carbocycles. The van der Waals surface area contributed by atoms with Crippen molar-refractivity contribution in [2.24, 2.45) is 27.4 Å². The molecule has 0 amide bonds. The van der Waals surface area contributed by atoms with E-state index in [-0.39, 0.29) is 11.7 Å². The Labute approximate surface area is 137 Å². The molecule has 2 unspecified atom stereocenters. The van der Waals surface area contributed by atoms with E-state index in [9.17, 15) is 0 Å². The quantitative estimate of drug-likeness (QED) is 0.733. The lowest BCUT2D eigenvalue weighted by molar-refractivity contribution is 0.156. The molecule has 0 aromatic heterocycles. The summed E-state index contributed by atoms with van der Waals surface area (Å²) in [6.07, 6.45) is 16.2. The minimum absolute atomic E-state index is 0.210. The van der Waals surface area contributed by atoms with Crippen LogP contribution in [0, 0.1) is 5.92 Å². The van der Waals surface area contributed by atoms with Crippen LogP contribution in [0.15, 0.2) is 45.7 Å². The van der Waals surface area contributed by atoms with Crippen LogP contribution in [0.3, 0.4) is 0 Å². The molecule has 1 spiro atoms. The Hall–Kier alpha value is -1.72. The van der Waals surface area contributed by atoms with Gasteiger partial charge in [-0.1, -0.05) is 18.9 Å². The van der Waals surface area contributed by atoms with Gasteiger partial charge in [0.05, 0.1) is 17.1 Å². The molecule has 5 nitrogen and oxygen atoms in total. The highest BCUT2D eigenvalue weighted by Crippen LogP contribution is 2.45. The fourth-order valence-corrected chi connectivity index (χ4v) is 3.92. The molecular formula is C18H25N5. The summed E-state index contributed by atoms with van der Waals surface area (Å²) in [5, 5.41) is 0. The Morgan fingerprint density at radius 3 is 2.91 bits per heavy atom. The van der Waals surface area contributed by atoms with Gasteiger partial charge < -0.3 is 11.5 Å². The molecular weight excluding hydrogens is 286 g/mol. The van der Waals surface area contributed by atoms with Crippen molar-refractivity contribution in [3.05, 3.63) is 35.7 Å². The maximum Gasteiger partial charge on any atom is 0.128 e. The van der Waals surface area contributed by atoms with E-state index in [1.807, 2.05) is 24.4 Å². The third-order valence-corrected chi connectivity index (χ3v) is 5.27. The molecule has 4 N–H and O–H groups in total. The van der Waals surface area contributed by atoms with Crippen molar-refractivity contribution in [1.82, 2.24) is 4.90 Å². The van der Waals surface area contributed by atoms with Crippen molar-refractivity contribution in [3.8, 4) is 0 Å². The van der Waals surface area contributed by atoms with Crippen LogP contribution in [0.1, 0.15) is 32.1 Å². The second kappa shape index (κ2) is 5.73. The summed E-state index contributed by atoms with van der Waals surface area (Å²) in [6, 6.07) is 0. The topological polar surface area (TPSA) is 80.0 Å². The maximum absolute atomic E-state index is 6.30. The molecule has 2 heterocycles. The number of nitrogens with zero attached hydrogens (tertiary/aromatic N) is 3. The zero-order valence-corrected chi connectivity index (χ0v) is 13.5. The Morgan fingerprint density at radius 2 is 2.13 bits per heavy atom. The first-order valence-corrected chi connectivity index (χ1v) is 8.71. The van der Waals surface area contributed by atoms with E-state index in [4.69, 9.17) is 16.5 Å². The lowest BCUT2D eigenvalue weighted by Gasteiger charge is -2.42. The number of dihydropyridines is 1. The first kappa shape index (κ1) is 14.8. The summed E-state index contributed by atoms with van der Waals surface area (Å²) < 4.78 is 0. The van der Waals surface area contributed by atoms with Gasteiger partial charge in [0, 0.05) is 12.8 Å². The lowest BCUT2D eigenvalue weighted by atomic mass is 9.81. The minimum Gasteiger partial charge on any atom is -0.397 e. The van der Waals surface area contributed by atoms with Crippen molar-refractivity contribution in [2.75, 3.05) is 13.1 Å². The van der Waals surface area contributed by atoms with Gasteiger partial charge in [0.2, 0.25) is 0 Å². The van der Waals surface area contributed by atoms with Crippen LogP contribution < -0.4 is 11.5 Å². The SMILES string of the molecule is NCCCCN1C(CC2CC2)N=C2C(N)=CC=C3N=CC=CC321. The summed E-state index contributed by atoms with van der Waals surface area (Å²) in [7, 11) is 0. The van der Waals surface area contributed by atoms with Crippen LogP contribution in [0.25, 0.3) is 0 Å². The number of aliphatic imine (C=N–C) groups is 2. The Morgan fingerprint density at radius 1 is 1.26 bits per heavy atom. The molecule has 1 fully saturated rings. The van der Waals surface area contributed by atoms with Crippen LogP contribution in [0.4, 0.5) is 0 Å². The van der Waals surface area contributed by atoms with Gasteiger partial charge in [-0.05, 0) is 50.0 Å². The number of allylic oxidation sites excluding steroid dienone is 3. The Balaban J connectivity index is 1.70. The summed E-state index contributed by atoms with van der Waals surface area (Å²) in [5.74, 6) is 0.826. The van der Waals surface area contributed by atoms with E-state index in [0.717, 1.165) is 55.4 Å². The highest BCUT2D eigenvalue weighted by atomic mass is 15.4. The molecule has 0 aromatic rings. The standard InChI is InChI=1S/C18H25N5/c19-9-1-2-11-23-16(12-13-4-5-13)22-17-14(20)6-7-15-18(17,23)8-3-10-21-15/h3,6-8,10,13,16H,1-2,4-5,9,11-12,19-20H2. The molecule has 4 rings (SSSR count). The number of nitrogens with two attached hydrogens (primary N) is 2. The number of rotatable bonds is 6. The highest BCUT2D eigenvalue weighted by Gasteiger charge is 2.53. The minimum atomic E-state index is -0.359. The number of unbranched alkanes of at least 4 members (excludes halogenated alkanes) is 1. The summed E-state index contributed by atoms with van der Waals surface area (Å²) in [4.78, 5) is 12.2. The highest BCUT2D eigenvalue weighted by molar-refractivity contribution is 6.13. The van der Waals surface area contributed by atoms with Gasteiger partial charge in [0.25, 0.3) is 0 Å². The average molecular weight is 311 g/mol. The Kier molecular flexibility index (Phi) is 3.70. The third-order valence-electron chi connectivity index (χ3n) is 5.27. The Bertz CT molecular complexity index is 638. The number of hydrogen-bond acceptors (Lipinski definition) is 5. The fraction of sp³-hybridized carbons (Fsp3) is 0.556. The zero-order valence-electron chi connectivity index (χ0n) is 13.5. The lowest BCUT2D eigenvalue weighted by Crippen LogP contribution is -2.55. The molecule has 0 bridgehead atoms. The smallest absolute Gasteiger partial charge is 0.128 e. The van der Waals surface area contributed by atoms with Crippen LogP contribution >= 0.6 is 0 Å². The van der Waals surface area contributed by atoms with Gasteiger partial charge in [-0.25, -0.2) is 0 Å².